The van der Waals surface area contributed by atoms with Crippen LogP contribution >= 0.6 is 35.1 Å². The van der Waals surface area contributed by atoms with E-state index in [0.717, 1.165) is 42.8 Å². The number of likely N-dealkylation sites (tertiary alicyclic amines) is 1. The number of benzene rings is 2. The molecule has 6 nitrogen and oxygen atoms in total. The minimum atomic E-state index is -0.510. The number of ether oxygens (including phenoxy) is 1. The van der Waals surface area contributed by atoms with Crippen LogP contribution in [0.25, 0.3) is 0 Å². The topological polar surface area (TPSA) is 61.9 Å². The van der Waals surface area contributed by atoms with Gasteiger partial charge in [0.05, 0.1) is 10.6 Å². The molecular formula is C26H31Cl2N3O3S. The zero-order chi connectivity index (χ0) is 25.2. The summed E-state index contributed by atoms with van der Waals surface area (Å²) in [5.41, 5.74) is 2.58. The van der Waals surface area contributed by atoms with Crippen molar-refractivity contribution in [2.45, 2.75) is 51.6 Å². The van der Waals surface area contributed by atoms with Crippen LogP contribution in [-0.4, -0.2) is 47.9 Å². The van der Waals surface area contributed by atoms with Gasteiger partial charge in [-0.1, -0.05) is 23.2 Å². The second-order valence-corrected chi connectivity index (χ2v) is 11.9. The maximum atomic E-state index is 13.1. The second kappa shape index (κ2) is 10.9. The van der Waals surface area contributed by atoms with E-state index in [1.807, 2.05) is 45.0 Å². The van der Waals surface area contributed by atoms with E-state index in [-0.39, 0.29) is 17.9 Å². The summed E-state index contributed by atoms with van der Waals surface area (Å²) in [4.78, 5) is 27.2. The van der Waals surface area contributed by atoms with Crippen molar-refractivity contribution in [3.63, 3.8) is 0 Å². The molecule has 9 heteroatoms. The second-order valence-electron chi connectivity index (χ2n) is 9.92. The molecule has 188 valence electrons. The SMILES string of the molecule is CC(C)(C)OC(=O)N1CCC(c2cc(Cl)cc(NC(=O)c3cc(N4CCCS4)ccc3Cl)c2)CC1. The summed E-state index contributed by atoms with van der Waals surface area (Å²) in [6, 6.07) is 11.2. The number of rotatable bonds is 4. The van der Waals surface area contributed by atoms with Gasteiger partial charge < -0.3 is 19.3 Å². The summed E-state index contributed by atoms with van der Waals surface area (Å²) in [5, 5.41) is 3.94. The molecule has 1 N–H and O–H groups in total. The third kappa shape index (κ3) is 6.78. The van der Waals surface area contributed by atoms with Crippen molar-refractivity contribution >= 4 is 58.5 Å². The van der Waals surface area contributed by atoms with E-state index in [0.29, 0.717) is 34.4 Å². The van der Waals surface area contributed by atoms with Crippen LogP contribution < -0.4 is 9.62 Å². The lowest BCUT2D eigenvalue weighted by Crippen LogP contribution is -2.41. The highest BCUT2D eigenvalue weighted by molar-refractivity contribution is 8.00. The molecule has 2 amide bonds. The van der Waals surface area contributed by atoms with Crippen LogP contribution in [0.15, 0.2) is 36.4 Å². The average molecular weight is 537 g/mol. The van der Waals surface area contributed by atoms with Gasteiger partial charge in [0, 0.05) is 41.8 Å². The van der Waals surface area contributed by atoms with Crippen molar-refractivity contribution in [1.29, 1.82) is 0 Å². The van der Waals surface area contributed by atoms with E-state index in [1.54, 1.807) is 29.0 Å². The fourth-order valence-corrected chi connectivity index (χ4v) is 5.78. The predicted octanol–water partition coefficient (Wildman–Crippen LogP) is 7.22. The third-order valence-electron chi connectivity index (χ3n) is 6.03. The first kappa shape index (κ1) is 26.0. The number of nitrogens with zero attached hydrogens (tertiary/aromatic N) is 2. The van der Waals surface area contributed by atoms with E-state index >= 15 is 0 Å². The maximum Gasteiger partial charge on any atom is 0.410 e. The minimum Gasteiger partial charge on any atom is -0.444 e. The Hall–Kier alpha value is -2.09. The van der Waals surface area contributed by atoms with E-state index in [1.165, 1.54) is 0 Å². The van der Waals surface area contributed by atoms with E-state index in [2.05, 4.69) is 9.62 Å². The summed E-state index contributed by atoms with van der Waals surface area (Å²) in [6.07, 6.45) is 2.45. The van der Waals surface area contributed by atoms with Gasteiger partial charge in [-0.05, 0) is 99.9 Å². The monoisotopic (exact) mass is 535 g/mol. The van der Waals surface area contributed by atoms with Crippen LogP contribution in [0.4, 0.5) is 16.2 Å². The van der Waals surface area contributed by atoms with E-state index in [4.69, 9.17) is 27.9 Å². The first-order chi connectivity index (χ1) is 16.6. The van der Waals surface area contributed by atoms with Crippen LogP contribution in [0.3, 0.4) is 0 Å². The number of anilines is 2. The molecule has 0 aromatic heterocycles. The van der Waals surface area contributed by atoms with Crippen LogP contribution in [0, 0.1) is 0 Å². The van der Waals surface area contributed by atoms with Gasteiger partial charge in [-0.3, -0.25) is 4.79 Å². The van der Waals surface area contributed by atoms with Gasteiger partial charge in [0.1, 0.15) is 5.60 Å². The Morgan fingerprint density at radius 1 is 1.06 bits per heavy atom. The van der Waals surface area contributed by atoms with Gasteiger partial charge in [0.15, 0.2) is 0 Å². The van der Waals surface area contributed by atoms with Gasteiger partial charge in [-0.25, -0.2) is 4.79 Å². The molecule has 2 aromatic carbocycles. The number of hydrogen-bond acceptors (Lipinski definition) is 5. The Kier molecular flexibility index (Phi) is 8.09. The summed E-state index contributed by atoms with van der Waals surface area (Å²) < 4.78 is 7.68. The molecule has 2 heterocycles. The van der Waals surface area contributed by atoms with Crippen molar-refractivity contribution in [2.24, 2.45) is 0 Å². The van der Waals surface area contributed by atoms with Gasteiger partial charge in [-0.15, -0.1) is 0 Å². The largest absolute Gasteiger partial charge is 0.444 e. The highest BCUT2D eigenvalue weighted by Crippen LogP contribution is 2.34. The molecular weight excluding hydrogens is 505 g/mol. The average Bonchev–Trinajstić information content (AvgIpc) is 3.33. The van der Waals surface area contributed by atoms with Crippen LogP contribution in [-0.2, 0) is 4.74 Å². The molecule has 4 rings (SSSR count). The van der Waals surface area contributed by atoms with Gasteiger partial charge in [0.25, 0.3) is 5.91 Å². The summed E-state index contributed by atoms with van der Waals surface area (Å²) in [6.45, 7) is 7.80. The summed E-state index contributed by atoms with van der Waals surface area (Å²) >= 11 is 14.6. The van der Waals surface area contributed by atoms with Gasteiger partial charge >= 0.3 is 6.09 Å². The van der Waals surface area contributed by atoms with Crippen molar-refractivity contribution < 1.29 is 14.3 Å². The predicted molar refractivity (Wildman–Crippen MR) is 145 cm³/mol. The Labute approximate surface area is 221 Å². The molecule has 35 heavy (non-hydrogen) atoms. The van der Waals surface area contributed by atoms with Crippen LogP contribution in [0.2, 0.25) is 10.0 Å². The maximum absolute atomic E-state index is 13.1. The molecule has 0 unspecified atom stereocenters. The molecule has 0 atom stereocenters. The van der Waals surface area contributed by atoms with E-state index in [9.17, 15) is 9.59 Å². The van der Waals surface area contributed by atoms with Gasteiger partial charge in [0.2, 0.25) is 0 Å². The molecule has 2 fully saturated rings. The molecule has 0 radical (unpaired) electrons. The number of piperidine rings is 1. The third-order valence-corrected chi connectivity index (χ3v) is 7.76. The number of hydrogen-bond donors (Lipinski definition) is 1. The summed E-state index contributed by atoms with van der Waals surface area (Å²) in [7, 11) is 0. The van der Waals surface area contributed by atoms with Crippen molar-refractivity contribution in [3.05, 3.63) is 57.6 Å². The highest BCUT2D eigenvalue weighted by Gasteiger charge is 2.28. The fraction of sp³-hybridized carbons (Fsp3) is 0.462. The van der Waals surface area contributed by atoms with Crippen molar-refractivity contribution in [2.75, 3.05) is 35.0 Å². The fourth-order valence-electron chi connectivity index (χ4n) is 4.33. The van der Waals surface area contributed by atoms with Crippen LogP contribution in [0.1, 0.15) is 61.9 Å². The van der Waals surface area contributed by atoms with E-state index < -0.39 is 5.60 Å². The Bertz CT molecular complexity index is 1090. The molecule has 0 bridgehead atoms. The Balaban J connectivity index is 1.43. The quantitative estimate of drug-likeness (QED) is 0.418. The number of carbonyl (C=O) groups excluding carboxylic acids is 2. The Morgan fingerprint density at radius 3 is 2.46 bits per heavy atom. The zero-order valence-corrected chi connectivity index (χ0v) is 22.6. The number of nitrogens with one attached hydrogen (secondary N) is 1. The molecule has 2 aliphatic rings. The summed E-state index contributed by atoms with van der Waals surface area (Å²) in [5.74, 6) is 1.04. The Morgan fingerprint density at radius 2 is 1.80 bits per heavy atom. The molecule has 0 aliphatic carbocycles. The minimum absolute atomic E-state index is 0.238. The normalized spacial score (nSPS) is 16.9. The van der Waals surface area contributed by atoms with Crippen molar-refractivity contribution in [3.8, 4) is 0 Å². The lowest BCUT2D eigenvalue weighted by atomic mass is 9.89. The smallest absolute Gasteiger partial charge is 0.410 e. The number of halogens is 2. The van der Waals surface area contributed by atoms with Gasteiger partial charge in [-0.2, -0.15) is 0 Å². The van der Waals surface area contributed by atoms with Crippen molar-refractivity contribution in [1.82, 2.24) is 4.90 Å². The first-order valence-electron chi connectivity index (χ1n) is 11.9. The molecule has 0 spiro atoms. The lowest BCUT2D eigenvalue weighted by molar-refractivity contribution is 0.0204. The molecule has 2 aromatic rings. The number of carbonyl (C=O) groups is 2. The standard InChI is InChI=1S/C26H31Cl2N3O3S/c1-26(2,3)34-25(33)30-10-7-17(8-11-30)18-13-19(27)15-20(14-18)29-24(32)22-16-21(5-6-23(22)28)31-9-4-12-35-31/h5-6,13-17H,4,7-12H2,1-3H3,(H,29,32). The first-order valence-corrected chi connectivity index (χ1v) is 13.6. The number of amides is 2. The molecule has 0 saturated carbocycles. The lowest BCUT2D eigenvalue weighted by Gasteiger charge is -2.33. The molecule has 2 aliphatic heterocycles. The highest BCUT2D eigenvalue weighted by atomic mass is 35.5. The molecule has 2 saturated heterocycles. The van der Waals surface area contributed by atoms with Crippen LogP contribution in [0.5, 0.6) is 0 Å². The zero-order valence-electron chi connectivity index (χ0n) is 20.3.